The van der Waals surface area contributed by atoms with Gasteiger partial charge in [0.05, 0.1) is 12.7 Å². The van der Waals surface area contributed by atoms with Gasteiger partial charge in [-0.05, 0) is 67.1 Å². The number of aryl methyl sites for hydroxylation is 1. The van der Waals surface area contributed by atoms with Crippen LogP contribution in [0.15, 0.2) is 78.9 Å². The summed E-state index contributed by atoms with van der Waals surface area (Å²) >= 11 is 0. The van der Waals surface area contributed by atoms with Crippen LogP contribution in [0.4, 0.5) is 0 Å². The maximum atomic E-state index is 12.2. The first-order valence-electron chi connectivity index (χ1n) is 8.80. The highest BCUT2D eigenvalue weighted by Crippen LogP contribution is 2.17. The summed E-state index contributed by atoms with van der Waals surface area (Å²) in [6.45, 7) is 1.96. The van der Waals surface area contributed by atoms with Crippen LogP contribution in [-0.2, 0) is 0 Å². The molecule has 28 heavy (non-hydrogen) atoms. The minimum Gasteiger partial charge on any atom is -0.497 e. The SMILES string of the molecule is COc1ccc(C(=O)/C=C/c2ccc(OC(=O)c3ccc(C)cc3)cc2)cc1. The van der Waals surface area contributed by atoms with Crippen LogP contribution in [-0.4, -0.2) is 18.9 Å². The van der Waals surface area contributed by atoms with Gasteiger partial charge in [0, 0.05) is 5.56 Å². The Morgan fingerprint density at radius 3 is 1.93 bits per heavy atom. The molecular formula is C24H20O4. The van der Waals surface area contributed by atoms with Crippen LogP contribution in [0.3, 0.4) is 0 Å². The molecule has 140 valence electrons. The molecule has 3 aromatic carbocycles. The Balaban J connectivity index is 1.61. The molecule has 0 heterocycles. The highest BCUT2D eigenvalue weighted by atomic mass is 16.5. The molecule has 0 N–H and O–H groups in total. The molecule has 4 heteroatoms. The van der Waals surface area contributed by atoms with Crippen molar-refractivity contribution in [2.75, 3.05) is 7.11 Å². The maximum absolute atomic E-state index is 12.2. The first kappa shape index (κ1) is 19.1. The number of rotatable bonds is 6. The molecule has 0 amide bonds. The van der Waals surface area contributed by atoms with Crippen LogP contribution in [0.2, 0.25) is 0 Å². The quantitative estimate of drug-likeness (QED) is 0.261. The number of esters is 1. The van der Waals surface area contributed by atoms with Crippen LogP contribution in [0.1, 0.15) is 31.8 Å². The lowest BCUT2D eigenvalue weighted by Gasteiger charge is -2.05. The second-order valence-corrected chi connectivity index (χ2v) is 6.25. The fraction of sp³-hybridized carbons (Fsp3) is 0.0833. The third-order valence-corrected chi connectivity index (χ3v) is 4.18. The predicted molar refractivity (Wildman–Crippen MR) is 109 cm³/mol. The minimum atomic E-state index is -0.405. The van der Waals surface area contributed by atoms with Crippen molar-refractivity contribution in [3.05, 3.63) is 101 Å². The lowest BCUT2D eigenvalue weighted by molar-refractivity contribution is 0.0734. The Bertz CT molecular complexity index is 982. The second-order valence-electron chi connectivity index (χ2n) is 6.25. The summed E-state index contributed by atoms with van der Waals surface area (Å²) < 4.78 is 10.5. The van der Waals surface area contributed by atoms with Gasteiger partial charge in [-0.1, -0.05) is 35.9 Å². The van der Waals surface area contributed by atoms with Gasteiger partial charge in [-0.2, -0.15) is 0 Å². The van der Waals surface area contributed by atoms with E-state index in [0.29, 0.717) is 22.6 Å². The van der Waals surface area contributed by atoms with Crippen molar-refractivity contribution in [2.45, 2.75) is 6.92 Å². The van der Waals surface area contributed by atoms with Crippen LogP contribution in [0, 0.1) is 6.92 Å². The molecule has 0 atom stereocenters. The molecule has 3 rings (SSSR count). The molecule has 0 saturated carbocycles. The lowest BCUT2D eigenvalue weighted by atomic mass is 10.1. The van der Waals surface area contributed by atoms with E-state index >= 15 is 0 Å². The number of methoxy groups -OCH3 is 1. The number of ether oxygens (including phenoxy) is 2. The van der Waals surface area contributed by atoms with Crippen molar-refractivity contribution in [3.63, 3.8) is 0 Å². The predicted octanol–water partition coefficient (Wildman–Crippen LogP) is 5.12. The summed E-state index contributed by atoms with van der Waals surface area (Å²) in [4.78, 5) is 24.4. The van der Waals surface area contributed by atoms with Gasteiger partial charge in [0.15, 0.2) is 5.78 Å². The average molecular weight is 372 g/mol. The van der Waals surface area contributed by atoms with Crippen LogP contribution >= 0.6 is 0 Å². The van der Waals surface area contributed by atoms with E-state index in [-0.39, 0.29) is 5.78 Å². The van der Waals surface area contributed by atoms with Crippen LogP contribution in [0.5, 0.6) is 11.5 Å². The highest BCUT2D eigenvalue weighted by molar-refractivity contribution is 6.06. The number of carbonyl (C=O) groups excluding carboxylic acids is 2. The van der Waals surface area contributed by atoms with E-state index in [0.717, 1.165) is 11.1 Å². The Kier molecular flexibility index (Phi) is 6.02. The van der Waals surface area contributed by atoms with Gasteiger partial charge in [-0.15, -0.1) is 0 Å². The van der Waals surface area contributed by atoms with E-state index in [4.69, 9.17) is 9.47 Å². The van der Waals surface area contributed by atoms with E-state index in [1.54, 1.807) is 73.8 Å². The number of benzene rings is 3. The van der Waals surface area contributed by atoms with Crippen molar-refractivity contribution in [2.24, 2.45) is 0 Å². The van der Waals surface area contributed by atoms with Gasteiger partial charge in [0.2, 0.25) is 0 Å². The molecule has 0 aromatic heterocycles. The monoisotopic (exact) mass is 372 g/mol. The summed E-state index contributed by atoms with van der Waals surface area (Å²) in [5.74, 6) is 0.649. The molecule has 0 aliphatic heterocycles. The number of hydrogen-bond acceptors (Lipinski definition) is 4. The first-order chi connectivity index (χ1) is 13.5. The molecule has 0 aliphatic rings. The highest BCUT2D eigenvalue weighted by Gasteiger charge is 2.08. The third-order valence-electron chi connectivity index (χ3n) is 4.18. The van der Waals surface area contributed by atoms with E-state index in [2.05, 4.69) is 0 Å². The Hall–Kier alpha value is -3.66. The second kappa shape index (κ2) is 8.82. The molecule has 3 aromatic rings. The molecular weight excluding hydrogens is 352 g/mol. The lowest BCUT2D eigenvalue weighted by Crippen LogP contribution is -2.08. The molecule has 0 radical (unpaired) electrons. The average Bonchev–Trinajstić information content (AvgIpc) is 2.73. The zero-order valence-corrected chi connectivity index (χ0v) is 15.7. The summed E-state index contributed by atoms with van der Waals surface area (Å²) in [7, 11) is 1.58. The summed E-state index contributed by atoms with van der Waals surface area (Å²) in [6, 6.07) is 21.1. The standard InChI is InChI=1S/C24H20O4/c1-17-3-8-20(9-4-17)24(26)28-22-12-5-18(6-13-22)7-16-23(25)19-10-14-21(27-2)15-11-19/h3-16H,1-2H3/b16-7+. The maximum Gasteiger partial charge on any atom is 0.343 e. The largest absolute Gasteiger partial charge is 0.497 e. The van der Waals surface area contributed by atoms with Gasteiger partial charge in [0.25, 0.3) is 0 Å². The fourth-order valence-corrected chi connectivity index (χ4v) is 2.53. The van der Waals surface area contributed by atoms with Gasteiger partial charge in [0.1, 0.15) is 11.5 Å². The van der Waals surface area contributed by atoms with Crippen molar-refractivity contribution >= 4 is 17.8 Å². The fourth-order valence-electron chi connectivity index (χ4n) is 2.53. The van der Waals surface area contributed by atoms with E-state index < -0.39 is 5.97 Å². The summed E-state index contributed by atoms with van der Waals surface area (Å²) in [5, 5.41) is 0. The number of ketones is 1. The van der Waals surface area contributed by atoms with E-state index in [1.165, 1.54) is 6.08 Å². The first-order valence-corrected chi connectivity index (χ1v) is 8.80. The van der Waals surface area contributed by atoms with Gasteiger partial charge in [-0.3, -0.25) is 4.79 Å². The van der Waals surface area contributed by atoms with Gasteiger partial charge < -0.3 is 9.47 Å². The van der Waals surface area contributed by atoms with Crippen molar-refractivity contribution in [1.29, 1.82) is 0 Å². The van der Waals surface area contributed by atoms with Crippen LogP contribution in [0.25, 0.3) is 6.08 Å². The van der Waals surface area contributed by atoms with Crippen LogP contribution < -0.4 is 9.47 Å². The third kappa shape index (κ3) is 4.95. The van der Waals surface area contributed by atoms with Crippen molar-refractivity contribution in [1.82, 2.24) is 0 Å². The number of carbonyl (C=O) groups is 2. The molecule has 0 fully saturated rings. The molecule has 4 nitrogen and oxygen atoms in total. The van der Waals surface area contributed by atoms with E-state index in [1.807, 2.05) is 19.1 Å². The molecule has 0 saturated heterocycles. The number of allylic oxidation sites excluding steroid dienone is 1. The summed E-state index contributed by atoms with van der Waals surface area (Å²) in [5.41, 5.74) is 2.99. The van der Waals surface area contributed by atoms with E-state index in [9.17, 15) is 9.59 Å². The number of hydrogen-bond donors (Lipinski definition) is 0. The normalized spacial score (nSPS) is 10.6. The van der Waals surface area contributed by atoms with Gasteiger partial charge >= 0.3 is 5.97 Å². The van der Waals surface area contributed by atoms with Crippen molar-refractivity contribution in [3.8, 4) is 11.5 Å². The molecule has 0 aliphatic carbocycles. The Morgan fingerprint density at radius 2 is 1.32 bits per heavy atom. The molecule has 0 unspecified atom stereocenters. The smallest absolute Gasteiger partial charge is 0.343 e. The molecule has 0 spiro atoms. The minimum absolute atomic E-state index is 0.0995. The van der Waals surface area contributed by atoms with Crippen molar-refractivity contribution < 1.29 is 19.1 Å². The van der Waals surface area contributed by atoms with Gasteiger partial charge in [-0.25, -0.2) is 4.79 Å². The topological polar surface area (TPSA) is 52.6 Å². The molecule has 0 bridgehead atoms. The Morgan fingerprint density at radius 1 is 0.750 bits per heavy atom. The zero-order chi connectivity index (χ0) is 19.9. The zero-order valence-electron chi connectivity index (χ0n) is 15.7. The summed E-state index contributed by atoms with van der Waals surface area (Å²) in [6.07, 6.45) is 3.23. The Labute approximate surface area is 164 Å².